The summed E-state index contributed by atoms with van der Waals surface area (Å²) in [4.78, 5) is 15.1. The van der Waals surface area contributed by atoms with Crippen LogP contribution in [0.4, 0.5) is 14.6 Å². The molecule has 0 aliphatic rings. The molecule has 0 bridgehead atoms. The van der Waals surface area contributed by atoms with Gasteiger partial charge in [0, 0.05) is 41.9 Å². The van der Waals surface area contributed by atoms with Gasteiger partial charge in [-0.05, 0) is 17.7 Å². The topological polar surface area (TPSA) is 75.7 Å². The molecule has 4 aromatic heterocycles. The van der Waals surface area contributed by atoms with Crippen molar-refractivity contribution >= 4 is 30.2 Å². The molecule has 6 nitrogen and oxygen atoms in total. The normalized spacial score (nSPS) is 11.0. The van der Waals surface area contributed by atoms with Crippen molar-refractivity contribution in [2.24, 2.45) is 0 Å². The molecule has 0 saturated carbocycles. The van der Waals surface area contributed by atoms with E-state index >= 15 is 0 Å². The van der Waals surface area contributed by atoms with Gasteiger partial charge >= 0.3 is 0 Å². The second-order valence-corrected chi connectivity index (χ2v) is 6.48. The molecule has 0 atom stereocenters. The van der Waals surface area contributed by atoms with Crippen molar-refractivity contribution in [3.05, 3.63) is 71.3 Å². The third-order valence-corrected chi connectivity index (χ3v) is 4.49. The number of nitrogens with zero attached hydrogens (tertiary/aromatic N) is 3. The van der Waals surface area contributed by atoms with Crippen LogP contribution < -0.4 is 15.5 Å². The standard InChI is InChI=1S/C20H16BF2N5O/c1-29-20-13(5-15(22)10-27-20)8-24-17-3-2-11(18(23)28-17)4-12-7-25-19-16(12)6-14(21)9-26-19/h2-3,5-7,9-10H,4,8H2,1H3,(H,24,28)(H,25,26). The average Bonchev–Trinajstić information content (AvgIpc) is 3.10. The lowest BCUT2D eigenvalue weighted by Gasteiger charge is -2.10. The molecular weight excluding hydrogens is 375 g/mol. The number of hydrogen-bond acceptors (Lipinski definition) is 5. The van der Waals surface area contributed by atoms with E-state index in [4.69, 9.17) is 12.6 Å². The molecule has 9 heteroatoms. The predicted molar refractivity (Wildman–Crippen MR) is 107 cm³/mol. The minimum Gasteiger partial charge on any atom is -0.481 e. The molecule has 29 heavy (non-hydrogen) atoms. The molecule has 2 radical (unpaired) electrons. The quantitative estimate of drug-likeness (QED) is 0.391. The van der Waals surface area contributed by atoms with Crippen LogP contribution in [0.3, 0.4) is 0 Å². The van der Waals surface area contributed by atoms with Gasteiger partial charge in [0.1, 0.15) is 25.1 Å². The van der Waals surface area contributed by atoms with Gasteiger partial charge in [0.15, 0.2) is 0 Å². The molecule has 0 fully saturated rings. The smallest absolute Gasteiger partial charge is 0.218 e. The van der Waals surface area contributed by atoms with Crippen molar-refractivity contribution in [1.29, 1.82) is 0 Å². The molecule has 144 valence electrons. The van der Waals surface area contributed by atoms with E-state index in [0.29, 0.717) is 40.4 Å². The van der Waals surface area contributed by atoms with Crippen LogP contribution >= 0.6 is 0 Å². The Morgan fingerprint density at radius 3 is 2.76 bits per heavy atom. The molecule has 0 aliphatic carbocycles. The van der Waals surface area contributed by atoms with Crippen molar-refractivity contribution in [3.8, 4) is 5.88 Å². The number of fused-ring (bicyclic) bond motifs is 1. The Balaban J connectivity index is 1.51. The third kappa shape index (κ3) is 4.03. The molecule has 2 N–H and O–H groups in total. The van der Waals surface area contributed by atoms with E-state index in [-0.39, 0.29) is 6.54 Å². The summed E-state index contributed by atoms with van der Waals surface area (Å²) in [6.45, 7) is 0.188. The molecule has 0 unspecified atom stereocenters. The molecule has 4 heterocycles. The highest BCUT2D eigenvalue weighted by atomic mass is 19.1. The fourth-order valence-electron chi connectivity index (χ4n) is 3.08. The third-order valence-electron chi connectivity index (χ3n) is 4.49. The summed E-state index contributed by atoms with van der Waals surface area (Å²) in [6.07, 6.45) is 4.76. The zero-order valence-corrected chi connectivity index (χ0v) is 15.5. The lowest BCUT2D eigenvalue weighted by Crippen LogP contribution is -2.07. The number of aromatic nitrogens is 4. The first-order valence-corrected chi connectivity index (χ1v) is 8.82. The van der Waals surface area contributed by atoms with Crippen molar-refractivity contribution in [1.82, 2.24) is 19.9 Å². The summed E-state index contributed by atoms with van der Waals surface area (Å²) < 4.78 is 33.1. The summed E-state index contributed by atoms with van der Waals surface area (Å²) in [5.41, 5.74) is 3.04. The fourth-order valence-corrected chi connectivity index (χ4v) is 3.08. The van der Waals surface area contributed by atoms with E-state index in [2.05, 4.69) is 25.3 Å². The Bertz CT molecular complexity index is 1180. The minimum atomic E-state index is -0.592. The van der Waals surface area contributed by atoms with Gasteiger partial charge in [0.25, 0.3) is 0 Å². The first-order chi connectivity index (χ1) is 14.0. The van der Waals surface area contributed by atoms with Crippen LogP contribution in [-0.4, -0.2) is 34.9 Å². The highest BCUT2D eigenvalue weighted by Gasteiger charge is 2.12. The van der Waals surface area contributed by atoms with Crippen LogP contribution in [0.5, 0.6) is 5.88 Å². The van der Waals surface area contributed by atoms with Gasteiger partial charge in [-0.2, -0.15) is 4.39 Å². The van der Waals surface area contributed by atoms with Crippen molar-refractivity contribution in [2.45, 2.75) is 13.0 Å². The van der Waals surface area contributed by atoms with Crippen LogP contribution in [0.15, 0.2) is 42.9 Å². The molecular formula is C20H16BF2N5O. The van der Waals surface area contributed by atoms with E-state index in [0.717, 1.165) is 17.1 Å². The van der Waals surface area contributed by atoms with Crippen LogP contribution in [-0.2, 0) is 13.0 Å². The van der Waals surface area contributed by atoms with E-state index in [1.165, 1.54) is 13.2 Å². The Morgan fingerprint density at radius 2 is 1.97 bits per heavy atom. The fraction of sp³-hybridized carbons (Fsp3) is 0.150. The lowest BCUT2D eigenvalue weighted by molar-refractivity contribution is 0.391. The second kappa shape index (κ2) is 7.87. The first-order valence-electron chi connectivity index (χ1n) is 8.82. The minimum absolute atomic E-state index is 0.188. The molecule has 0 saturated heterocycles. The van der Waals surface area contributed by atoms with Crippen LogP contribution in [0.2, 0.25) is 0 Å². The SMILES string of the molecule is [B]c1cnc2[nH]cc(Cc3ccc(NCc4cc(F)cnc4OC)nc3F)c2c1. The zero-order valence-electron chi connectivity index (χ0n) is 15.5. The highest BCUT2D eigenvalue weighted by molar-refractivity contribution is 6.32. The summed E-state index contributed by atoms with van der Waals surface area (Å²) in [6, 6.07) is 6.43. The number of halogens is 2. The number of anilines is 1. The van der Waals surface area contributed by atoms with Gasteiger partial charge in [0.05, 0.1) is 13.3 Å². The molecule has 0 aromatic carbocycles. The Hall–Kier alpha value is -3.49. The Morgan fingerprint density at radius 1 is 1.10 bits per heavy atom. The van der Waals surface area contributed by atoms with Gasteiger partial charge in [-0.15, -0.1) is 0 Å². The van der Waals surface area contributed by atoms with Gasteiger partial charge in [-0.25, -0.2) is 19.3 Å². The van der Waals surface area contributed by atoms with Crippen LogP contribution in [0.1, 0.15) is 16.7 Å². The summed E-state index contributed by atoms with van der Waals surface area (Å²) >= 11 is 0. The van der Waals surface area contributed by atoms with Gasteiger partial charge < -0.3 is 15.0 Å². The van der Waals surface area contributed by atoms with E-state index < -0.39 is 11.8 Å². The number of hydrogen-bond donors (Lipinski definition) is 2. The maximum atomic E-state index is 14.6. The van der Waals surface area contributed by atoms with Gasteiger partial charge in [-0.1, -0.05) is 17.6 Å². The summed E-state index contributed by atoms with van der Waals surface area (Å²) in [5.74, 6) is -0.456. The molecule has 0 amide bonds. The number of pyridine rings is 3. The first kappa shape index (κ1) is 18.9. The van der Waals surface area contributed by atoms with E-state index in [1.807, 2.05) is 0 Å². The highest BCUT2D eigenvalue weighted by Crippen LogP contribution is 2.22. The molecule has 0 spiro atoms. The number of H-pyrrole nitrogens is 1. The number of methoxy groups -OCH3 is 1. The number of rotatable bonds is 6. The van der Waals surface area contributed by atoms with Crippen molar-refractivity contribution in [2.75, 3.05) is 12.4 Å². The van der Waals surface area contributed by atoms with E-state index in [9.17, 15) is 8.78 Å². The van der Waals surface area contributed by atoms with Crippen molar-refractivity contribution in [3.63, 3.8) is 0 Å². The van der Waals surface area contributed by atoms with Gasteiger partial charge in [0.2, 0.25) is 11.8 Å². The second-order valence-electron chi connectivity index (χ2n) is 6.48. The number of aromatic amines is 1. The Kier molecular flexibility index (Phi) is 5.11. The average molecular weight is 391 g/mol. The van der Waals surface area contributed by atoms with Crippen LogP contribution in [0, 0.1) is 11.8 Å². The maximum Gasteiger partial charge on any atom is 0.218 e. The maximum absolute atomic E-state index is 14.6. The Labute approximate surface area is 166 Å². The predicted octanol–water partition coefficient (Wildman–Crippen LogP) is 2.64. The molecule has 0 aliphatic heterocycles. The largest absolute Gasteiger partial charge is 0.481 e. The molecule has 4 rings (SSSR count). The summed E-state index contributed by atoms with van der Waals surface area (Å²) in [7, 11) is 7.25. The lowest BCUT2D eigenvalue weighted by atomic mass is 9.96. The number of ether oxygens (including phenoxy) is 1. The summed E-state index contributed by atoms with van der Waals surface area (Å²) in [5, 5.41) is 3.80. The molecule has 4 aromatic rings. The number of nitrogens with one attached hydrogen (secondary N) is 2. The van der Waals surface area contributed by atoms with Crippen molar-refractivity contribution < 1.29 is 13.5 Å². The zero-order chi connectivity index (χ0) is 20.4. The van der Waals surface area contributed by atoms with Crippen LogP contribution in [0.25, 0.3) is 11.0 Å². The van der Waals surface area contributed by atoms with E-state index in [1.54, 1.807) is 30.6 Å². The van der Waals surface area contributed by atoms with Gasteiger partial charge in [-0.3, -0.25) is 0 Å². The monoisotopic (exact) mass is 391 g/mol.